The summed E-state index contributed by atoms with van der Waals surface area (Å²) >= 11 is 12.2. The molecule has 2 aromatic heterocycles. The Balaban J connectivity index is 1.85. The first kappa shape index (κ1) is 23.5. The second-order valence-corrected chi connectivity index (χ2v) is 8.20. The number of carbonyl (C=O) groups is 1. The largest absolute Gasteiger partial charge is 0.495 e. The summed E-state index contributed by atoms with van der Waals surface area (Å²) < 4.78 is 13.4. The molecule has 4 aromatic rings. The Bertz CT molecular complexity index is 1390. The molecule has 0 aliphatic rings. The molecule has 0 saturated heterocycles. The summed E-state index contributed by atoms with van der Waals surface area (Å²) in [5.41, 5.74) is 2.11. The predicted molar refractivity (Wildman–Crippen MR) is 129 cm³/mol. The molecule has 0 aliphatic carbocycles. The summed E-state index contributed by atoms with van der Waals surface area (Å²) in [7, 11) is 2.77. The zero-order chi connectivity index (χ0) is 24.2. The van der Waals surface area contributed by atoms with Gasteiger partial charge in [-0.15, -0.1) is 5.10 Å². The first-order valence-corrected chi connectivity index (χ1v) is 11.0. The third kappa shape index (κ3) is 4.83. The van der Waals surface area contributed by atoms with Gasteiger partial charge in [-0.05, 0) is 23.8 Å². The second-order valence-electron chi connectivity index (χ2n) is 7.38. The number of carbonyl (C=O) groups excluding carboxylic acids is 1. The van der Waals surface area contributed by atoms with Crippen LogP contribution in [0.3, 0.4) is 0 Å². The van der Waals surface area contributed by atoms with Gasteiger partial charge in [0.1, 0.15) is 11.8 Å². The van der Waals surface area contributed by atoms with Crippen molar-refractivity contribution < 1.29 is 14.3 Å². The fourth-order valence-corrected chi connectivity index (χ4v) is 4.00. The first-order valence-electron chi connectivity index (χ1n) is 10.2. The molecule has 2 heterocycles. The summed E-state index contributed by atoms with van der Waals surface area (Å²) in [6.45, 7) is 0. The Morgan fingerprint density at radius 2 is 1.79 bits per heavy atom. The minimum Gasteiger partial charge on any atom is -0.495 e. The Labute approximate surface area is 205 Å². The smallest absolute Gasteiger partial charge is 0.329 e. The molecule has 0 saturated carbocycles. The van der Waals surface area contributed by atoms with E-state index in [2.05, 4.69) is 10.3 Å². The van der Waals surface area contributed by atoms with Crippen LogP contribution in [0.15, 0.2) is 71.8 Å². The molecule has 1 atom stereocenters. The van der Waals surface area contributed by atoms with Crippen molar-refractivity contribution in [1.82, 2.24) is 19.6 Å². The molecule has 174 valence electrons. The van der Waals surface area contributed by atoms with Gasteiger partial charge in [0, 0.05) is 28.6 Å². The molecule has 10 heteroatoms. The third-order valence-electron chi connectivity index (χ3n) is 5.31. The van der Waals surface area contributed by atoms with Crippen LogP contribution in [-0.2, 0) is 16.0 Å². The highest BCUT2D eigenvalue weighted by atomic mass is 35.5. The zero-order valence-electron chi connectivity index (χ0n) is 18.3. The number of methoxy groups -OCH3 is 2. The van der Waals surface area contributed by atoms with E-state index in [1.165, 1.54) is 41.9 Å². The molecule has 0 radical (unpaired) electrons. The van der Waals surface area contributed by atoms with Gasteiger partial charge < -0.3 is 9.47 Å². The van der Waals surface area contributed by atoms with Crippen LogP contribution >= 0.6 is 23.2 Å². The van der Waals surface area contributed by atoms with Crippen LogP contribution in [0, 0.1) is 0 Å². The highest BCUT2D eigenvalue weighted by Gasteiger charge is 2.25. The van der Waals surface area contributed by atoms with E-state index in [4.69, 9.17) is 32.7 Å². The Kier molecular flexibility index (Phi) is 7.00. The number of hydrogen-bond acceptors (Lipinski definition) is 6. The maximum atomic E-state index is 13.3. The first-order chi connectivity index (χ1) is 16.4. The highest BCUT2D eigenvalue weighted by Crippen LogP contribution is 2.35. The normalized spacial score (nSPS) is 11.8. The van der Waals surface area contributed by atoms with Crippen LogP contribution in [0.5, 0.6) is 5.75 Å². The fourth-order valence-electron chi connectivity index (χ4n) is 3.70. The van der Waals surface area contributed by atoms with Crippen molar-refractivity contribution in [2.45, 2.75) is 12.5 Å². The molecule has 0 aliphatic heterocycles. The number of nitrogens with zero attached hydrogens (tertiary/aromatic N) is 4. The van der Waals surface area contributed by atoms with Gasteiger partial charge in [0.2, 0.25) is 0 Å². The maximum absolute atomic E-state index is 13.3. The average molecular weight is 499 g/mol. The second kappa shape index (κ2) is 10.1. The van der Waals surface area contributed by atoms with E-state index in [0.29, 0.717) is 27.6 Å². The molecular weight excluding hydrogens is 479 g/mol. The topological polar surface area (TPSA) is 88.2 Å². The molecular formula is C24H20Cl2N4O4. The minimum absolute atomic E-state index is 0.213. The molecule has 4 rings (SSSR count). The zero-order valence-corrected chi connectivity index (χ0v) is 19.8. The van der Waals surface area contributed by atoms with Crippen LogP contribution in [0.25, 0.3) is 16.8 Å². The fraction of sp³-hybridized carbons (Fsp3) is 0.167. The van der Waals surface area contributed by atoms with Crippen LogP contribution in [0.1, 0.15) is 11.6 Å². The number of hydrogen-bond donors (Lipinski definition) is 0. The molecule has 34 heavy (non-hydrogen) atoms. The van der Waals surface area contributed by atoms with Gasteiger partial charge in [-0.2, -0.15) is 0 Å². The number of pyridine rings is 1. The number of esters is 1. The molecule has 0 amide bonds. The van der Waals surface area contributed by atoms with Gasteiger partial charge in [0.05, 0.1) is 32.3 Å². The van der Waals surface area contributed by atoms with Gasteiger partial charge in [-0.3, -0.25) is 9.36 Å². The average Bonchev–Trinajstić information content (AvgIpc) is 3.28. The molecule has 1 unspecified atom stereocenters. The van der Waals surface area contributed by atoms with Gasteiger partial charge in [-0.1, -0.05) is 58.7 Å². The van der Waals surface area contributed by atoms with Crippen molar-refractivity contribution in [3.8, 4) is 22.6 Å². The van der Waals surface area contributed by atoms with E-state index in [9.17, 15) is 9.59 Å². The quantitative estimate of drug-likeness (QED) is 0.351. The van der Waals surface area contributed by atoms with Crippen LogP contribution in [0.4, 0.5) is 0 Å². The van der Waals surface area contributed by atoms with E-state index < -0.39 is 17.6 Å². The minimum atomic E-state index is -0.879. The van der Waals surface area contributed by atoms with Crippen molar-refractivity contribution in [2.24, 2.45) is 0 Å². The van der Waals surface area contributed by atoms with Crippen LogP contribution in [0.2, 0.25) is 10.2 Å². The van der Waals surface area contributed by atoms with Gasteiger partial charge in [0.25, 0.3) is 5.56 Å². The molecule has 0 spiro atoms. The molecule has 8 nitrogen and oxygen atoms in total. The number of rotatable bonds is 7. The van der Waals surface area contributed by atoms with E-state index in [-0.39, 0.29) is 11.6 Å². The lowest BCUT2D eigenvalue weighted by molar-refractivity contribution is -0.144. The van der Waals surface area contributed by atoms with Crippen molar-refractivity contribution in [1.29, 1.82) is 0 Å². The number of benzene rings is 2. The highest BCUT2D eigenvalue weighted by molar-refractivity contribution is 6.31. The molecule has 0 N–H and O–H groups in total. The van der Waals surface area contributed by atoms with Crippen LogP contribution < -0.4 is 10.3 Å². The van der Waals surface area contributed by atoms with Crippen molar-refractivity contribution in [3.05, 3.63) is 93.1 Å². The van der Waals surface area contributed by atoms with Crippen molar-refractivity contribution in [2.75, 3.05) is 14.2 Å². The Morgan fingerprint density at radius 1 is 1.03 bits per heavy atom. The Hall–Kier alpha value is -3.62. The standard InChI is InChI=1S/C24H20Cl2N4O4/c1-33-21-13-29(20(24(32)34-2)10-15-6-4-3-5-7-15)23(31)12-18(21)17-11-16(25)8-9-19(17)30-14-22(26)27-28-30/h3-9,11-14,20H,10H2,1-2H3. The lowest BCUT2D eigenvalue weighted by Gasteiger charge is -2.20. The maximum Gasteiger partial charge on any atom is 0.329 e. The predicted octanol–water partition coefficient (Wildman–Crippen LogP) is 4.37. The van der Waals surface area contributed by atoms with Gasteiger partial charge >= 0.3 is 5.97 Å². The molecule has 2 aromatic carbocycles. The number of aromatic nitrogens is 4. The summed E-state index contributed by atoms with van der Waals surface area (Å²) in [5.74, 6) is -0.183. The summed E-state index contributed by atoms with van der Waals surface area (Å²) in [5, 5.41) is 8.49. The summed E-state index contributed by atoms with van der Waals surface area (Å²) in [6, 6.07) is 15.0. The summed E-state index contributed by atoms with van der Waals surface area (Å²) in [4.78, 5) is 25.9. The van der Waals surface area contributed by atoms with Gasteiger partial charge in [-0.25, -0.2) is 9.48 Å². The van der Waals surface area contributed by atoms with Crippen LogP contribution in [-0.4, -0.2) is 39.7 Å². The number of halogens is 2. The van der Waals surface area contributed by atoms with Gasteiger partial charge in [0.15, 0.2) is 5.15 Å². The molecule has 0 fully saturated rings. The third-order valence-corrected chi connectivity index (χ3v) is 5.71. The lowest BCUT2D eigenvalue weighted by atomic mass is 10.0. The number of ether oxygens (including phenoxy) is 2. The van der Waals surface area contributed by atoms with E-state index in [0.717, 1.165) is 5.56 Å². The van der Waals surface area contributed by atoms with E-state index >= 15 is 0 Å². The lowest BCUT2D eigenvalue weighted by Crippen LogP contribution is -2.31. The Morgan fingerprint density at radius 3 is 2.44 bits per heavy atom. The van der Waals surface area contributed by atoms with Crippen molar-refractivity contribution in [3.63, 3.8) is 0 Å². The SMILES string of the molecule is COC(=O)C(Cc1ccccc1)n1cc(OC)c(-c2cc(Cl)ccc2-n2cc(Cl)nn2)cc1=O. The molecule has 0 bridgehead atoms. The monoisotopic (exact) mass is 498 g/mol. The summed E-state index contributed by atoms with van der Waals surface area (Å²) in [6.07, 6.45) is 3.31. The van der Waals surface area contributed by atoms with E-state index in [1.807, 2.05) is 30.3 Å². The van der Waals surface area contributed by atoms with E-state index in [1.54, 1.807) is 18.2 Å². The van der Waals surface area contributed by atoms with Crippen molar-refractivity contribution >= 4 is 29.2 Å².